The van der Waals surface area contributed by atoms with E-state index in [0.29, 0.717) is 31.7 Å². The van der Waals surface area contributed by atoms with Gasteiger partial charge in [0.1, 0.15) is 5.69 Å². The van der Waals surface area contributed by atoms with E-state index in [1.54, 1.807) is 29.3 Å². The van der Waals surface area contributed by atoms with Crippen molar-refractivity contribution in [2.75, 3.05) is 19.6 Å². The second-order valence-electron chi connectivity index (χ2n) is 8.56. The van der Waals surface area contributed by atoms with E-state index < -0.39 is 5.41 Å². The minimum absolute atomic E-state index is 0.0342. The van der Waals surface area contributed by atoms with Crippen LogP contribution in [0.25, 0.3) is 11.1 Å². The van der Waals surface area contributed by atoms with E-state index in [1.807, 2.05) is 24.3 Å². The normalized spacial score (nSPS) is 17.9. The fourth-order valence-corrected chi connectivity index (χ4v) is 4.56. The first kappa shape index (κ1) is 22.5. The molecular formula is C28H29N3O2. The van der Waals surface area contributed by atoms with Crippen LogP contribution in [0.3, 0.4) is 0 Å². The van der Waals surface area contributed by atoms with Crippen molar-refractivity contribution >= 4 is 11.8 Å². The first-order valence-corrected chi connectivity index (χ1v) is 11.4. The Hall–Kier alpha value is -3.73. The molecule has 2 amide bonds. The minimum Gasteiger partial charge on any atom is -0.352 e. The summed E-state index contributed by atoms with van der Waals surface area (Å²) in [4.78, 5) is 32.4. The van der Waals surface area contributed by atoms with E-state index >= 15 is 0 Å². The number of likely N-dealkylation sites (tertiary alicyclic amines) is 1. The largest absolute Gasteiger partial charge is 0.352 e. The third-order valence-electron chi connectivity index (χ3n) is 6.24. The Morgan fingerprint density at radius 3 is 2.42 bits per heavy atom. The highest BCUT2D eigenvalue weighted by Gasteiger charge is 2.43. The van der Waals surface area contributed by atoms with Gasteiger partial charge in [-0.3, -0.25) is 14.6 Å². The van der Waals surface area contributed by atoms with Gasteiger partial charge in [0.2, 0.25) is 5.91 Å². The lowest BCUT2D eigenvalue weighted by Crippen LogP contribution is -2.54. The summed E-state index contributed by atoms with van der Waals surface area (Å²) >= 11 is 0. The average molecular weight is 440 g/mol. The standard InChI is InChI=1S/C28H29N3O2/c1-2-17-30-27(33)28(16-8-19-31(21-28)26(32)25-11-6-7-18-29-25)20-22-12-14-24(15-13-22)23-9-4-3-5-10-23/h2-7,9-15,18H,1,8,16-17,19-21H2,(H,30,33)/t28-/m0/s1. The molecule has 33 heavy (non-hydrogen) atoms. The molecule has 2 heterocycles. The molecule has 1 atom stereocenters. The number of amides is 2. The van der Waals surface area contributed by atoms with Crippen molar-refractivity contribution in [1.82, 2.24) is 15.2 Å². The zero-order chi connectivity index (χ0) is 23.1. The molecule has 5 nitrogen and oxygen atoms in total. The molecule has 3 aromatic rings. The van der Waals surface area contributed by atoms with E-state index in [9.17, 15) is 9.59 Å². The van der Waals surface area contributed by atoms with Crippen LogP contribution in [-0.4, -0.2) is 41.3 Å². The van der Waals surface area contributed by atoms with Crippen molar-refractivity contribution in [3.05, 3.63) is 103 Å². The molecule has 0 unspecified atom stereocenters. The molecule has 1 saturated heterocycles. The number of rotatable bonds is 7. The first-order valence-electron chi connectivity index (χ1n) is 11.4. The number of carbonyl (C=O) groups is 2. The maximum Gasteiger partial charge on any atom is 0.272 e. The number of hydrogen-bond donors (Lipinski definition) is 1. The molecule has 0 saturated carbocycles. The van der Waals surface area contributed by atoms with Gasteiger partial charge in [0.05, 0.1) is 5.41 Å². The van der Waals surface area contributed by atoms with Gasteiger partial charge in [-0.05, 0) is 48.1 Å². The molecule has 1 aliphatic heterocycles. The molecule has 2 aromatic carbocycles. The Kier molecular flexibility index (Phi) is 6.98. The number of piperidine rings is 1. The molecule has 0 bridgehead atoms. The van der Waals surface area contributed by atoms with Crippen LogP contribution in [0.2, 0.25) is 0 Å². The van der Waals surface area contributed by atoms with E-state index in [-0.39, 0.29) is 11.8 Å². The molecule has 0 radical (unpaired) electrons. The maximum atomic E-state index is 13.4. The second kappa shape index (κ2) is 10.3. The van der Waals surface area contributed by atoms with E-state index in [4.69, 9.17) is 0 Å². The van der Waals surface area contributed by atoms with Crippen LogP contribution < -0.4 is 5.32 Å². The maximum absolute atomic E-state index is 13.4. The van der Waals surface area contributed by atoms with Crippen LogP contribution >= 0.6 is 0 Å². The van der Waals surface area contributed by atoms with Gasteiger partial charge in [0.25, 0.3) is 5.91 Å². The van der Waals surface area contributed by atoms with Crippen LogP contribution in [0, 0.1) is 5.41 Å². The average Bonchev–Trinajstić information content (AvgIpc) is 2.88. The highest BCUT2D eigenvalue weighted by Crippen LogP contribution is 2.35. The molecule has 1 aliphatic rings. The van der Waals surface area contributed by atoms with Crippen molar-refractivity contribution in [2.45, 2.75) is 19.3 Å². The van der Waals surface area contributed by atoms with Gasteiger partial charge in [-0.2, -0.15) is 0 Å². The zero-order valence-corrected chi connectivity index (χ0v) is 18.7. The van der Waals surface area contributed by atoms with E-state index in [1.165, 1.54) is 0 Å². The quantitative estimate of drug-likeness (QED) is 0.551. The lowest BCUT2D eigenvalue weighted by molar-refractivity contribution is -0.133. The van der Waals surface area contributed by atoms with Crippen LogP contribution in [-0.2, 0) is 11.2 Å². The van der Waals surface area contributed by atoms with Gasteiger partial charge in [-0.15, -0.1) is 6.58 Å². The SMILES string of the molecule is C=CCNC(=O)[C@]1(Cc2ccc(-c3ccccc3)cc2)CCCN(C(=O)c2ccccn2)C1. The summed E-state index contributed by atoms with van der Waals surface area (Å²) in [6.07, 6.45) is 5.36. The highest BCUT2D eigenvalue weighted by molar-refractivity contribution is 5.93. The summed E-state index contributed by atoms with van der Waals surface area (Å²) in [6.45, 7) is 5.11. The van der Waals surface area contributed by atoms with Gasteiger partial charge in [0, 0.05) is 25.8 Å². The summed E-state index contributed by atoms with van der Waals surface area (Å²) in [7, 11) is 0. The predicted molar refractivity (Wildman–Crippen MR) is 131 cm³/mol. The molecule has 0 aliphatic carbocycles. The number of aromatic nitrogens is 1. The van der Waals surface area contributed by atoms with Gasteiger partial charge in [-0.1, -0.05) is 66.7 Å². The Labute approximate surface area is 195 Å². The fraction of sp³-hybridized carbons (Fsp3) is 0.250. The van der Waals surface area contributed by atoms with Crippen LogP contribution in [0.15, 0.2) is 91.6 Å². The molecule has 0 spiro atoms. The van der Waals surface area contributed by atoms with Gasteiger partial charge >= 0.3 is 0 Å². The Bertz CT molecular complexity index is 1100. The van der Waals surface area contributed by atoms with Gasteiger partial charge < -0.3 is 10.2 Å². The Balaban J connectivity index is 1.58. The van der Waals surface area contributed by atoms with Crippen molar-refractivity contribution < 1.29 is 9.59 Å². The highest BCUT2D eigenvalue weighted by atomic mass is 16.2. The lowest BCUT2D eigenvalue weighted by Gasteiger charge is -2.41. The van der Waals surface area contributed by atoms with Gasteiger partial charge in [0.15, 0.2) is 0 Å². The van der Waals surface area contributed by atoms with Gasteiger partial charge in [-0.25, -0.2) is 0 Å². The lowest BCUT2D eigenvalue weighted by atomic mass is 9.74. The molecule has 4 rings (SSSR count). The number of nitrogens with one attached hydrogen (secondary N) is 1. The smallest absolute Gasteiger partial charge is 0.272 e. The van der Waals surface area contributed by atoms with Crippen LogP contribution in [0.4, 0.5) is 0 Å². The number of hydrogen-bond acceptors (Lipinski definition) is 3. The third kappa shape index (κ3) is 5.20. The monoisotopic (exact) mass is 439 g/mol. The molecule has 168 valence electrons. The Morgan fingerprint density at radius 2 is 1.73 bits per heavy atom. The van der Waals surface area contributed by atoms with Crippen molar-refractivity contribution in [3.63, 3.8) is 0 Å². The fourth-order valence-electron chi connectivity index (χ4n) is 4.56. The molecule has 1 N–H and O–H groups in total. The van der Waals surface area contributed by atoms with E-state index in [0.717, 1.165) is 29.5 Å². The molecule has 5 heteroatoms. The summed E-state index contributed by atoms with van der Waals surface area (Å²) < 4.78 is 0. The Morgan fingerprint density at radius 1 is 1.00 bits per heavy atom. The van der Waals surface area contributed by atoms with E-state index in [2.05, 4.69) is 53.3 Å². The summed E-state index contributed by atoms with van der Waals surface area (Å²) in [5, 5.41) is 2.99. The number of carbonyl (C=O) groups excluding carboxylic acids is 2. The molecule has 1 aromatic heterocycles. The topological polar surface area (TPSA) is 62.3 Å². The predicted octanol–water partition coefficient (Wildman–Crippen LogP) is 4.52. The van der Waals surface area contributed by atoms with Crippen molar-refractivity contribution in [2.24, 2.45) is 5.41 Å². The number of pyridine rings is 1. The zero-order valence-electron chi connectivity index (χ0n) is 18.7. The second-order valence-corrected chi connectivity index (χ2v) is 8.56. The number of nitrogens with zero attached hydrogens (tertiary/aromatic N) is 2. The van der Waals surface area contributed by atoms with Crippen molar-refractivity contribution in [1.29, 1.82) is 0 Å². The molecular weight excluding hydrogens is 410 g/mol. The van der Waals surface area contributed by atoms with Crippen LogP contribution in [0.1, 0.15) is 28.9 Å². The van der Waals surface area contributed by atoms with Crippen LogP contribution in [0.5, 0.6) is 0 Å². The third-order valence-corrected chi connectivity index (χ3v) is 6.24. The minimum atomic E-state index is -0.694. The summed E-state index contributed by atoms with van der Waals surface area (Å²) in [5.74, 6) is -0.163. The summed E-state index contributed by atoms with van der Waals surface area (Å²) in [6, 6.07) is 23.9. The summed E-state index contributed by atoms with van der Waals surface area (Å²) in [5.41, 5.74) is 3.09. The first-order chi connectivity index (χ1) is 16.1. The number of benzene rings is 2. The van der Waals surface area contributed by atoms with Crippen molar-refractivity contribution in [3.8, 4) is 11.1 Å². The molecule has 1 fully saturated rings.